The molecule has 1 aromatic rings. The van der Waals surface area contributed by atoms with E-state index in [4.69, 9.17) is 9.97 Å². The molecule has 1 aliphatic rings. The molecule has 126 valence electrons. The number of nitrogens with one attached hydrogen (secondary N) is 1. The Bertz CT molecular complexity index is 661. The van der Waals surface area contributed by atoms with Crippen LogP contribution >= 0.6 is 0 Å². The number of hydrogen-bond donors (Lipinski definition) is 1. The molecule has 0 aromatic carbocycles. The maximum atomic E-state index is 4.74. The van der Waals surface area contributed by atoms with Crippen LogP contribution < -0.4 is 20.8 Å². The largest absolute Gasteiger partial charge is 0.362 e. The van der Waals surface area contributed by atoms with Crippen LogP contribution in [0.3, 0.4) is 0 Å². The highest BCUT2D eigenvalue weighted by molar-refractivity contribution is 5.53. The van der Waals surface area contributed by atoms with Crippen LogP contribution in [-0.4, -0.2) is 30.1 Å². The summed E-state index contributed by atoms with van der Waals surface area (Å²) in [5.41, 5.74) is 0. The second-order valence-corrected chi connectivity index (χ2v) is 6.73. The molecule has 2 atom stereocenters. The van der Waals surface area contributed by atoms with E-state index in [1.807, 2.05) is 14.1 Å². The number of allylic oxidation sites excluding steroid dienone is 2. The van der Waals surface area contributed by atoms with Gasteiger partial charge in [0.1, 0.15) is 5.82 Å². The highest BCUT2D eigenvalue weighted by Crippen LogP contribution is 2.13. The first-order valence-corrected chi connectivity index (χ1v) is 8.70. The van der Waals surface area contributed by atoms with Crippen molar-refractivity contribution in [2.75, 3.05) is 24.3 Å². The third-order valence-electron chi connectivity index (χ3n) is 4.39. The van der Waals surface area contributed by atoms with E-state index in [0.29, 0.717) is 6.04 Å². The second kappa shape index (κ2) is 8.14. The minimum atomic E-state index is 0.377. The molecule has 0 radical (unpaired) electrons. The standard InChI is InChI=1S/C19H30N4/c1-6-14(2)12-13-15(3)20-19-21-17-11-9-7-8-10-16(17)18(22-19)23(4)5/h7,9-11,14-15H,6,8,12-13H2,1-5H3,(H,20,21)/t14-,15?/m0/s1. The van der Waals surface area contributed by atoms with Crippen molar-refractivity contribution in [1.82, 2.24) is 9.97 Å². The summed E-state index contributed by atoms with van der Waals surface area (Å²) in [6.45, 7) is 6.77. The van der Waals surface area contributed by atoms with E-state index in [-0.39, 0.29) is 0 Å². The van der Waals surface area contributed by atoms with Gasteiger partial charge in [-0.05, 0) is 38.2 Å². The van der Waals surface area contributed by atoms with Crippen LogP contribution in [-0.2, 0) is 0 Å². The third kappa shape index (κ3) is 4.81. The summed E-state index contributed by atoms with van der Waals surface area (Å²) in [5.74, 6) is 2.48. The zero-order valence-electron chi connectivity index (χ0n) is 15.1. The van der Waals surface area contributed by atoms with Gasteiger partial charge in [0, 0.05) is 25.4 Å². The molecule has 1 aromatic heterocycles. The maximum absolute atomic E-state index is 4.74. The van der Waals surface area contributed by atoms with Crippen molar-refractivity contribution in [2.45, 2.75) is 52.5 Å². The van der Waals surface area contributed by atoms with Gasteiger partial charge in [-0.3, -0.25) is 0 Å². The summed E-state index contributed by atoms with van der Waals surface area (Å²) in [4.78, 5) is 11.5. The van der Waals surface area contributed by atoms with Gasteiger partial charge >= 0.3 is 0 Å². The van der Waals surface area contributed by atoms with Gasteiger partial charge in [-0.25, -0.2) is 4.98 Å². The molecule has 0 aliphatic heterocycles. The molecule has 2 rings (SSSR count). The van der Waals surface area contributed by atoms with Crippen LogP contribution in [0.2, 0.25) is 0 Å². The van der Waals surface area contributed by atoms with Gasteiger partial charge in [0.25, 0.3) is 0 Å². The lowest BCUT2D eigenvalue weighted by Gasteiger charge is -2.18. The third-order valence-corrected chi connectivity index (χ3v) is 4.39. The average Bonchev–Trinajstić information content (AvgIpc) is 2.76. The minimum absolute atomic E-state index is 0.377. The monoisotopic (exact) mass is 314 g/mol. The first-order chi connectivity index (χ1) is 11.0. The van der Waals surface area contributed by atoms with Gasteiger partial charge in [-0.2, -0.15) is 4.98 Å². The van der Waals surface area contributed by atoms with E-state index in [0.717, 1.165) is 41.1 Å². The summed E-state index contributed by atoms with van der Waals surface area (Å²) < 4.78 is 0. The lowest BCUT2D eigenvalue weighted by Crippen LogP contribution is -2.36. The van der Waals surface area contributed by atoms with Gasteiger partial charge in [-0.15, -0.1) is 0 Å². The molecular weight excluding hydrogens is 284 g/mol. The second-order valence-electron chi connectivity index (χ2n) is 6.73. The Morgan fingerprint density at radius 1 is 1.22 bits per heavy atom. The van der Waals surface area contributed by atoms with E-state index in [1.165, 1.54) is 12.8 Å². The van der Waals surface area contributed by atoms with E-state index in [9.17, 15) is 0 Å². The summed E-state index contributed by atoms with van der Waals surface area (Å²) in [7, 11) is 4.07. The topological polar surface area (TPSA) is 41.1 Å². The predicted molar refractivity (Wildman–Crippen MR) is 100 cm³/mol. The van der Waals surface area contributed by atoms with Crippen molar-refractivity contribution in [3.05, 3.63) is 22.7 Å². The number of aromatic nitrogens is 2. The molecule has 0 saturated heterocycles. The van der Waals surface area contributed by atoms with Crippen molar-refractivity contribution in [3.8, 4) is 0 Å². The van der Waals surface area contributed by atoms with Crippen LogP contribution in [0.15, 0.2) is 12.2 Å². The van der Waals surface area contributed by atoms with Crippen molar-refractivity contribution >= 4 is 23.9 Å². The molecule has 1 N–H and O–H groups in total. The highest BCUT2D eigenvalue weighted by Gasteiger charge is 2.10. The number of nitrogens with zero attached hydrogens (tertiary/aromatic N) is 3. The molecule has 0 bridgehead atoms. The normalized spacial score (nSPS) is 15.7. The predicted octanol–water partition coefficient (Wildman–Crippen LogP) is 2.69. The van der Waals surface area contributed by atoms with E-state index < -0.39 is 0 Å². The number of anilines is 2. The maximum Gasteiger partial charge on any atom is 0.225 e. The van der Waals surface area contributed by atoms with Gasteiger partial charge in [0.15, 0.2) is 0 Å². The Morgan fingerprint density at radius 2 is 2.00 bits per heavy atom. The molecule has 0 amide bonds. The van der Waals surface area contributed by atoms with Crippen LogP contribution in [0.25, 0.3) is 12.2 Å². The average molecular weight is 314 g/mol. The molecule has 4 heteroatoms. The lowest BCUT2D eigenvalue weighted by atomic mass is 10.0. The van der Waals surface area contributed by atoms with Gasteiger partial charge in [-0.1, -0.05) is 38.5 Å². The minimum Gasteiger partial charge on any atom is -0.362 e. The van der Waals surface area contributed by atoms with E-state index in [2.05, 4.69) is 55.3 Å². The van der Waals surface area contributed by atoms with Crippen LogP contribution in [0.5, 0.6) is 0 Å². The van der Waals surface area contributed by atoms with E-state index >= 15 is 0 Å². The van der Waals surface area contributed by atoms with Gasteiger partial charge < -0.3 is 10.2 Å². The van der Waals surface area contributed by atoms with Crippen molar-refractivity contribution in [3.63, 3.8) is 0 Å². The fourth-order valence-electron chi connectivity index (χ4n) is 2.66. The fraction of sp³-hybridized carbons (Fsp3) is 0.579. The molecule has 1 aliphatic carbocycles. The summed E-state index contributed by atoms with van der Waals surface area (Å²) in [5, 5.41) is 5.60. The smallest absolute Gasteiger partial charge is 0.225 e. The molecule has 1 heterocycles. The number of fused-ring (bicyclic) bond motifs is 1. The Morgan fingerprint density at radius 3 is 2.70 bits per heavy atom. The summed E-state index contributed by atoms with van der Waals surface area (Å²) in [6.07, 6.45) is 13.0. The summed E-state index contributed by atoms with van der Waals surface area (Å²) >= 11 is 0. The Labute approximate surface area is 140 Å². The lowest BCUT2D eigenvalue weighted by molar-refractivity contribution is 0.477. The number of rotatable bonds is 7. The molecule has 4 nitrogen and oxygen atoms in total. The van der Waals surface area contributed by atoms with Crippen LogP contribution in [0.1, 0.15) is 46.5 Å². The van der Waals surface area contributed by atoms with Crippen molar-refractivity contribution < 1.29 is 0 Å². The van der Waals surface area contributed by atoms with Crippen LogP contribution in [0.4, 0.5) is 11.8 Å². The number of hydrogen-bond acceptors (Lipinski definition) is 4. The highest BCUT2D eigenvalue weighted by atomic mass is 15.2. The molecule has 0 fully saturated rings. The molecule has 1 unspecified atom stereocenters. The Balaban J connectivity index is 2.23. The van der Waals surface area contributed by atoms with Gasteiger partial charge in [0.2, 0.25) is 5.95 Å². The molecule has 0 saturated carbocycles. The first kappa shape index (κ1) is 17.5. The Hall–Kier alpha value is -1.84. The summed E-state index contributed by atoms with van der Waals surface area (Å²) in [6, 6.07) is 0.377. The first-order valence-electron chi connectivity index (χ1n) is 8.70. The van der Waals surface area contributed by atoms with Crippen molar-refractivity contribution in [2.24, 2.45) is 5.92 Å². The zero-order valence-corrected chi connectivity index (χ0v) is 15.1. The van der Waals surface area contributed by atoms with Crippen molar-refractivity contribution in [1.29, 1.82) is 0 Å². The van der Waals surface area contributed by atoms with E-state index in [1.54, 1.807) is 0 Å². The SMILES string of the molecule is CC[C@H](C)CCC(C)Nc1nc(N(C)C)c2c(n1)=CC=CCC=2. The molecule has 0 spiro atoms. The molecule has 23 heavy (non-hydrogen) atoms. The molecular formula is C19H30N4. The zero-order chi connectivity index (χ0) is 16.8. The quantitative estimate of drug-likeness (QED) is 0.840. The van der Waals surface area contributed by atoms with Gasteiger partial charge in [0.05, 0.1) is 5.35 Å². The fourth-order valence-corrected chi connectivity index (χ4v) is 2.66. The Kier molecular flexibility index (Phi) is 6.20. The van der Waals surface area contributed by atoms with Crippen LogP contribution in [0, 0.1) is 5.92 Å².